The van der Waals surface area contributed by atoms with Crippen LogP contribution in [-0.4, -0.2) is 41.9 Å². The molecule has 3 rings (SSSR count). The third-order valence-electron chi connectivity index (χ3n) is 4.94. The summed E-state index contributed by atoms with van der Waals surface area (Å²) in [6.07, 6.45) is 1.65. The Labute approximate surface area is 206 Å². The van der Waals surface area contributed by atoms with Crippen LogP contribution in [0.1, 0.15) is 35.5 Å². The van der Waals surface area contributed by atoms with E-state index in [1.165, 1.54) is 0 Å². The van der Waals surface area contributed by atoms with Crippen molar-refractivity contribution in [1.29, 1.82) is 0 Å². The first-order valence-corrected chi connectivity index (χ1v) is 10.5. The van der Waals surface area contributed by atoms with Gasteiger partial charge in [0.2, 0.25) is 5.89 Å². The Bertz CT molecular complexity index is 999. The number of carbonyl (C=O) groups excluding carboxylic acids is 1. The molecule has 0 bridgehead atoms. The number of aromatic nitrogens is 1. The van der Waals surface area contributed by atoms with E-state index in [9.17, 15) is 4.79 Å². The lowest BCUT2D eigenvalue weighted by atomic mass is 10.1. The molecule has 2 N–H and O–H groups in total. The molecule has 1 amide bonds. The van der Waals surface area contributed by atoms with Crippen LogP contribution in [0.5, 0.6) is 0 Å². The summed E-state index contributed by atoms with van der Waals surface area (Å²) in [6, 6.07) is 17.4. The van der Waals surface area contributed by atoms with Gasteiger partial charge in [0.15, 0.2) is 5.96 Å². The molecule has 32 heavy (non-hydrogen) atoms. The fourth-order valence-corrected chi connectivity index (χ4v) is 3.14. The predicted molar refractivity (Wildman–Crippen MR) is 138 cm³/mol. The van der Waals surface area contributed by atoms with Gasteiger partial charge in [-0.1, -0.05) is 30.3 Å². The number of nitrogens with one attached hydrogen (secondary N) is 2. The minimum atomic E-state index is 0. The van der Waals surface area contributed by atoms with E-state index in [-0.39, 0.29) is 29.9 Å². The smallest absolute Gasteiger partial charge is 0.253 e. The van der Waals surface area contributed by atoms with Gasteiger partial charge in [0, 0.05) is 37.8 Å². The van der Waals surface area contributed by atoms with Crippen molar-refractivity contribution in [3.63, 3.8) is 0 Å². The first kappa shape index (κ1) is 25.4. The van der Waals surface area contributed by atoms with Gasteiger partial charge in [-0.25, -0.2) is 4.98 Å². The van der Waals surface area contributed by atoms with Crippen molar-refractivity contribution in [1.82, 2.24) is 20.5 Å². The van der Waals surface area contributed by atoms with Crippen LogP contribution in [0.2, 0.25) is 0 Å². The molecule has 0 unspecified atom stereocenters. The molecule has 1 aromatic heterocycles. The zero-order valence-corrected chi connectivity index (χ0v) is 21.0. The Balaban J connectivity index is 0.00000363. The van der Waals surface area contributed by atoms with Crippen molar-refractivity contribution in [2.75, 3.05) is 20.1 Å². The highest BCUT2D eigenvalue weighted by atomic mass is 127. The quantitative estimate of drug-likeness (QED) is 0.250. The number of nitrogens with zero attached hydrogens (tertiary/aromatic N) is 3. The van der Waals surface area contributed by atoms with Crippen LogP contribution >= 0.6 is 24.0 Å². The van der Waals surface area contributed by atoms with Crippen molar-refractivity contribution in [2.45, 2.75) is 26.9 Å². The van der Waals surface area contributed by atoms with Crippen LogP contribution in [0, 0.1) is 0 Å². The second kappa shape index (κ2) is 12.8. The molecule has 0 aliphatic rings. The zero-order valence-electron chi connectivity index (χ0n) is 18.7. The number of carbonyl (C=O) groups is 1. The number of benzene rings is 2. The number of aliphatic imine (C=N–C) groups is 1. The highest BCUT2D eigenvalue weighted by Crippen LogP contribution is 2.17. The van der Waals surface area contributed by atoms with Crippen LogP contribution in [0.4, 0.5) is 0 Å². The first-order chi connectivity index (χ1) is 15.1. The summed E-state index contributed by atoms with van der Waals surface area (Å²) in [5.74, 6) is 1.32. The SMILES string of the molecule is CCN(CC)C(=O)c1ccc(CNC(=NC)NCc2coc(-c3ccccc3)n2)cc1.I. The van der Waals surface area contributed by atoms with Gasteiger partial charge in [-0.2, -0.15) is 0 Å². The van der Waals surface area contributed by atoms with Crippen LogP contribution in [0.15, 0.2) is 70.3 Å². The van der Waals surface area contributed by atoms with E-state index in [1.807, 2.05) is 73.3 Å². The van der Waals surface area contributed by atoms with Crippen LogP contribution in [-0.2, 0) is 13.1 Å². The summed E-state index contributed by atoms with van der Waals surface area (Å²) in [5, 5.41) is 6.51. The molecule has 2 aromatic carbocycles. The second-order valence-electron chi connectivity index (χ2n) is 6.96. The summed E-state index contributed by atoms with van der Waals surface area (Å²) in [6.45, 7) is 6.47. The largest absolute Gasteiger partial charge is 0.444 e. The topological polar surface area (TPSA) is 82.8 Å². The van der Waals surface area contributed by atoms with Crippen molar-refractivity contribution in [3.05, 3.63) is 77.7 Å². The third kappa shape index (κ3) is 6.81. The summed E-state index contributed by atoms with van der Waals surface area (Å²) < 4.78 is 5.57. The molecule has 170 valence electrons. The van der Waals surface area contributed by atoms with Crippen molar-refractivity contribution in [2.24, 2.45) is 4.99 Å². The summed E-state index contributed by atoms with van der Waals surface area (Å²) in [5.41, 5.74) is 3.50. The van der Waals surface area contributed by atoms with Gasteiger partial charge in [-0.15, -0.1) is 24.0 Å². The maximum absolute atomic E-state index is 12.4. The van der Waals surface area contributed by atoms with Crippen LogP contribution in [0.3, 0.4) is 0 Å². The molecule has 0 atom stereocenters. The highest BCUT2D eigenvalue weighted by Gasteiger charge is 2.12. The van der Waals surface area contributed by atoms with Gasteiger partial charge in [-0.05, 0) is 43.7 Å². The average molecular weight is 547 g/mol. The Morgan fingerprint density at radius 3 is 2.28 bits per heavy atom. The number of halogens is 1. The predicted octanol–water partition coefficient (Wildman–Crippen LogP) is 4.31. The van der Waals surface area contributed by atoms with E-state index in [1.54, 1.807) is 13.3 Å². The maximum Gasteiger partial charge on any atom is 0.253 e. The van der Waals surface area contributed by atoms with Gasteiger partial charge in [0.1, 0.15) is 6.26 Å². The minimum Gasteiger partial charge on any atom is -0.444 e. The number of oxazole rings is 1. The second-order valence-corrected chi connectivity index (χ2v) is 6.96. The standard InChI is InChI=1S/C24H29N5O2.HI/c1-4-29(5-2)23(30)20-13-11-18(12-14-20)15-26-24(25-3)27-16-21-17-31-22(28-21)19-9-7-6-8-10-19;/h6-14,17H,4-5,15-16H2,1-3H3,(H2,25,26,27);1H. The molecule has 0 aliphatic heterocycles. The monoisotopic (exact) mass is 547 g/mol. The normalized spacial score (nSPS) is 10.9. The van der Waals surface area contributed by atoms with Crippen molar-refractivity contribution >= 4 is 35.8 Å². The molecule has 0 saturated carbocycles. The third-order valence-corrected chi connectivity index (χ3v) is 4.94. The number of hydrogen-bond donors (Lipinski definition) is 2. The molecule has 3 aromatic rings. The molecule has 0 aliphatic carbocycles. The fourth-order valence-electron chi connectivity index (χ4n) is 3.14. The Kier molecular flexibility index (Phi) is 10.2. The molecule has 7 nitrogen and oxygen atoms in total. The fraction of sp³-hybridized carbons (Fsp3) is 0.292. The molecular weight excluding hydrogens is 517 g/mol. The minimum absolute atomic E-state index is 0. The lowest BCUT2D eigenvalue weighted by molar-refractivity contribution is 0.0773. The number of hydrogen-bond acceptors (Lipinski definition) is 4. The van der Waals surface area contributed by atoms with E-state index in [0.717, 1.165) is 16.8 Å². The molecule has 0 radical (unpaired) electrons. The Morgan fingerprint density at radius 1 is 1.00 bits per heavy atom. The Morgan fingerprint density at radius 2 is 1.66 bits per heavy atom. The van der Waals surface area contributed by atoms with Crippen molar-refractivity contribution in [3.8, 4) is 11.5 Å². The Hall–Kier alpha value is -2.88. The molecule has 8 heteroatoms. The summed E-state index contributed by atoms with van der Waals surface area (Å²) in [7, 11) is 1.72. The van der Waals surface area contributed by atoms with Crippen molar-refractivity contribution < 1.29 is 9.21 Å². The zero-order chi connectivity index (χ0) is 22.1. The van der Waals surface area contributed by atoms with Crippen LogP contribution in [0.25, 0.3) is 11.5 Å². The van der Waals surface area contributed by atoms with Gasteiger partial charge < -0.3 is 20.0 Å². The van der Waals surface area contributed by atoms with Gasteiger partial charge >= 0.3 is 0 Å². The lowest BCUT2D eigenvalue weighted by Gasteiger charge is -2.18. The number of guanidine groups is 1. The first-order valence-electron chi connectivity index (χ1n) is 10.5. The van der Waals surface area contributed by atoms with Gasteiger partial charge in [-0.3, -0.25) is 9.79 Å². The molecule has 1 heterocycles. The number of rotatable bonds is 8. The molecular formula is C24H30IN5O2. The maximum atomic E-state index is 12.4. The van der Waals surface area contributed by atoms with E-state index in [4.69, 9.17) is 4.42 Å². The summed E-state index contributed by atoms with van der Waals surface area (Å²) in [4.78, 5) is 23.0. The summed E-state index contributed by atoms with van der Waals surface area (Å²) >= 11 is 0. The number of amides is 1. The van der Waals surface area contributed by atoms with E-state index < -0.39 is 0 Å². The van der Waals surface area contributed by atoms with Gasteiger partial charge in [0.05, 0.1) is 12.2 Å². The highest BCUT2D eigenvalue weighted by molar-refractivity contribution is 14.0. The van der Waals surface area contributed by atoms with Crippen LogP contribution < -0.4 is 10.6 Å². The average Bonchev–Trinajstić information content (AvgIpc) is 3.30. The van der Waals surface area contributed by atoms with E-state index in [2.05, 4.69) is 20.6 Å². The molecule has 0 spiro atoms. The lowest BCUT2D eigenvalue weighted by Crippen LogP contribution is -2.36. The van der Waals surface area contributed by atoms with Gasteiger partial charge in [0.25, 0.3) is 5.91 Å². The van der Waals surface area contributed by atoms with E-state index in [0.29, 0.717) is 43.6 Å². The van der Waals surface area contributed by atoms with E-state index >= 15 is 0 Å². The molecule has 0 saturated heterocycles. The molecule has 0 fully saturated rings.